The van der Waals surface area contributed by atoms with Crippen molar-refractivity contribution in [3.8, 4) is 11.3 Å². The van der Waals surface area contributed by atoms with Crippen LogP contribution in [0.1, 0.15) is 37.1 Å². The summed E-state index contributed by atoms with van der Waals surface area (Å²) in [7, 11) is 0. The quantitative estimate of drug-likeness (QED) is 0.516. The van der Waals surface area contributed by atoms with Gasteiger partial charge in [-0.2, -0.15) is 0 Å². The molecular weight excluding hydrogens is 328 g/mol. The number of rotatable bonds is 5. The van der Waals surface area contributed by atoms with Crippen molar-refractivity contribution >= 4 is 29.4 Å². The van der Waals surface area contributed by atoms with Gasteiger partial charge >= 0.3 is 0 Å². The van der Waals surface area contributed by atoms with Crippen molar-refractivity contribution in [2.45, 2.75) is 40.7 Å². The number of benzene rings is 1. The van der Waals surface area contributed by atoms with Crippen LogP contribution < -0.4 is 0 Å². The van der Waals surface area contributed by atoms with Crippen molar-refractivity contribution in [3.05, 3.63) is 59.9 Å². The van der Waals surface area contributed by atoms with E-state index in [1.165, 1.54) is 28.6 Å². The van der Waals surface area contributed by atoms with Crippen LogP contribution in [0.5, 0.6) is 0 Å². The van der Waals surface area contributed by atoms with Crippen molar-refractivity contribution in [1.29, 1.82) is 0 Å². The monoisotopic (exact) mass is 354 g/mol. The zero-order valence-electron chi connectivity index (χ0n) is 15.5. The number of aryl methyl sites for hydroxylation is 2. The molecule has 0 N–H and O–H groups in total. The standard InChI is InChI=1S/C22H26N2.ClH/c1-6-18-7-9-19(10-8-18)21-22-20(11-13-23-21)16(4)17(5)24(22)14-12-15(2)3;/h6-11,13,15H,1,12,14H2,2-5H3;1H. The average molecular weight is 355 g/mol. The van der Waals surface area contributed by atoms with Crippen LogP contribution in [0.4, 0.5) is 0 Å². The maximum atomic E-state index is 4.73. The van der Waals surface area contributed by atoms with E-state index < -0.39 is 0 Å². The minimum absolute atomic E-state index is 0. The van der Waals surface area contributed by atoms with Gasteiger partial charge in [0.25, 0.3) is 0 Å². The number of hydrogen-bond donors (Lipinski definition) is 0. The highest BCUT2D eigenvalue weighted by molar-refractivity contribution is 5.95. The van der Waals surface area contributed by atoms with Gasteiger partial charge in [-0.25, -0.2) is 0 Å². The lowest BCUT2D eigenvalue weighted by Crippen LogP contribution is -2.04. The lowest BCUT2D eigenvalue weighted by Gasteiger charge is -2.13. The molecule has 132 valence electrons. The largest absolute Gasteiger partial charge is 0.343 e. The van der Waals surface area contributed by atoms with Crippen LogP contribution in [0.3, 0.4) is 0 Å². The Hall–Kier alpha value is -2.06. The van der Waals surface area contributed by atoms with Gasteiger partial charge in [0.1, 0.15) is 0 Å². The highest BCUT2D eigenvalue weighted by Gasteiger charge is 2.16. The lowest BCUT2D eigenvalue weighted by atomic mass is 10.1. The summed E-state index contributed by atoms with van der Waals surface area (Å²) >= 11 is 0. The third kappa shape index (κ3) is 3.64. The predicted molar refractivity (Wildman–Crippen MR) is 111 cm³/mol. The van der Waals surface area contributed by atoms with E-state index in [-0.39, 0.29) is 12.4 Å². The van der Waals surface area contributed by atoms with Crippen LogP contribution in [0.15, 0.2) is 43.1 Å². The van der Waals surface area contributed by atoms with Gasteiger partial charge in [-0.15, -0.1) is 12.4 Å². The van der Waals surface area contributed by atoms with E-state index in [1.807, 2.05) is 12.3 Å². The predicted octanol–water partition coefficient (Wildman–Crippen LogP) is 6.43. The molecule has 1 aromatic carbocycles. The Kier molecular flexibility index (Phi) is 6.07. The molecule has 3 rings (SSSR count). The molecule has 0 saturated heterocycles. The Bertz CT molecular complexity index is 873. The smallest absolute Gasteiger partial charge is 0.0944 e. The highest BCUT2D eigenvalue weighted by atomic mass is 35.5. The number of halogens is 1. The first kappa shape index (κ1) is 19.3. The van der Waals surface area contributed by atoms with Crippen molar-refractivity contribution < 1.29 is 0 Å². The Labute approximate surface area is 157 Å². The first-order chi connectivity index (χ1) is 11.5. The molecule has 2 nitrogen and oxygen atoms in total. The van der Waals surface area contributed by atoms with Gasteiger partial charge in [-0.05, 0) is 43.4 Å². The summed E-state index contributed by atoms with van der Waals surface area (Å²) in [6, 6.07) is 10.6. The van der Waals surface area contributed by atoms with Gasteiger partial charge in [-0.1, -0.05) is 50.8 Å². The summed E-state index contributed by atoms with van der Waals surface area (Å²) < 4.78 is 2.45. The summed E-state index contributed by atoms with van der Waals surface area (Å²) in [6.07, 6.45) is 4.98. The SMILES string of the molecule is C=Cc1ccc(-c2nccc3c(C)c(C)n(CCC(C)C)c23)cc1.Cl. The summed E-state index contributed by atoms with van der Waals surface area (Å²) in [5.74, 6) is 0.689. The van der Waals surface area contributed by atoms with Gasteiger partial charge in [0.05, 0.1) is 11.2 Å². The van der Waals surface area contributed by atoms with E-state index in [4.69, 9.17) is 4.98 Å². The molecule has 0 atom stereocenters. The normalized spacial score (nSPS) is 10.9. The summed E-state index contributed by atoms with van der Waals surface area (Å²) in [5.41, 5.74) is 7.34. The molecule has 0 spiro atoms. The molecule has 0 aliphatic carbocycles. The fraction of sp³-hybridized carbons (Fsp3) is 0.318. The minimum Gasteiger partial charge on any atom is -0.343 e. The van der Waals surface area contributed by atoms with E-state index in [1.54, 1.807) is 0 Å². The molecular formula is C22H27ClN2. The maximum Gasteiger partial charge on any atom is 0.0944 e. The Balaban J connectivity index is 0.00000225. The maximum absolute atomic E-state index is 4.73. The summed E-state index contributed by atoms with van der Waals surface area (Å²) in [6.45, 7) is 13.9. The molecule has 2 heterocycles. The van der Waals surface area contributed by atoms with Crippen molar-refractivity contribution in [2.75, 3.05) is 0 Å². The van der Waals surface area contributed by atoms with Gasteiger partial charge in [-0.3, -0.25) is 4.98 Å². The average Bonchev–Trinajstić information content (AvgIpc) is 2.84. The van der Waals surface area contributed by atoms with Gasteiger partial charge in [0.15, 0.2) is 0 Å². The topological polar surface area (TPSA) is 17.8 Å². The molecule has 25 heavy (non-hydrogen) atoms. The molecule has 2 aromatic heterocycles. The molecule has 0 saturated carbocycles. The van der Waals surface area contributed by atoms with Crippen LogP contribution in [-0.4, -0.2) is 9.55 Å². The van der Waals surface area contributed by atoms with E-state index in [2.05, 4.69) is 69.2 Å². The lowest BCUT2D eigenvalue weighted by molar-refractivity contribution is 0.519. The van der Waals surface area contributed by atoms with Crippen LogP contribution in [0.2, 0.25) is 0 Å². The van der Waals surface area contributed by atoms with E-state index in [0.29, 0.717) is 5.92 Å². The van der Waals surface area contributed by atoms with Crippen molar-refractivity contribution in [3.63, 3.8) is 0 Å². The molecule has 0 fully saturated rings. The zero-order chi connectivity index (χ0) is 17.3. The fourth-order valence-corrected chi connectivity index (χ4v) is 3.25. The van der Waals surface area contributed by atoms with Crippen LogP contribution in [0, 0.1) is 19.8 Å². The van der Waals surface area contributed by atoms with Crippen LogP contribution >= 0.6 is 12.4 Å². The molecule has 0 bridgehead atoms. The molecule has 0 unspecified atom stereocenters. The fourth-order valence-electron chi connectivity index (χ4n) is 3.25. The van der Waals surface area contributed by atoms with E-state index in [0.717, 1.165) is 23.4 Å². The number of hydrogen-bond acceptors (Lipinski definition) is 1. The number of aromatic nitrogens is 2. The second-order valence-corrected chi connectivity index (χ2v) is 6.93. The molecule has 3 aromatic rings. The van der Waals surface area contributed by atoms with Gasteiger partial charge in [0, 0.05) is 29.4 Å². The minimum atomic E-state index is 0. The summed E-state index contributed by atoms with van der Waals surface area (Å²) in [5, 5.41) is 1.31. The number of nitrogens with zero attached hydrogens (tertiary/aromatic N) is 2. The highest BCUT2D eigenvalue weighted by Crippen LogP contribution is 2.33. The molecule has 0 radical (unpaired) electrons. The first-order valence-electron chi connectivity index (χ1n) is 8.70. The molecule has 3 heteroatoms. The van der Waals surface area contributed by atoms with Crippen LogP contribution in [0.25, 0.3) is 28.2 Å². The molecule has 0 aliphatic heterocycles. The van der Waals surface area contributed by atoms with E-state index in [9.17, 15) is 0 Å². The summed E-state index contributed by atoms with van der Waals surface area (Å²) in [4.78, 5) is 4.73. The Morgan fingerprint density at radius 1 is 1.12 bits per heavy atom. The molecule has 0 amide bonds. The molecule has 0 aliphatic rings. The first-order valence-corrected chi connectivity index (χ1v) is 8.70. The zero-order valence-corrected chi connectivity index (χ0v) is 16.4. The van der Waals surface area contributed by atoms with E-state index >= 15 is 0 Å². The van der Waals surface area contributed by atoms with Gasteiger partial charge < -0.3 is 4.57 Å². The number of fused-ring (bicyclic) bond motifs is 1. The van der Waals surface area contributed by atoms with Crippen molar-refractivity contribution in [1.82, 2.24) is 9.55 Å². The third-order valence-electron chi connectivity index (χ3n) is 4.90. The number of pyridine rings is 1. The Morgan fingerprint density at radius 3 is 2.40 bits per heavy atom. The van der Waals surface area contributed by atoms with Crippen LogP contribution in [-0.2, 0) is 6.54 Å². The van der Waals surface area contributed by atoms with Crippen molar-refractivity contribution in [2.24, 2.45) is 5.92 Å². The second kappa shape index (κ2) is 7.88. The van der Waals surface area contributed by atoms with Gasteiger partial charge in [0.2, 0.25) is 0 Å². The Morgan fingerprint density at radius 2 is 1.80 bits per heavy atom. The second-order valence-electron chi connectivity index (χ2n) is 6.93. The third-order valence-corrected chi connectivity index (χ3v) is 4.90.